The van der Waals surface area contributed by atoms with Gasteiger partial charge in [-0.25, -0.2) is 0 Å². The Labute approximate surface area is 108 Å². The standard InChI is InChI=1S/C12H14BrNOS/c1-8-3-4-11(15-8)6-14-9(2)12-5-10(13)7-16-12/h3-5,7,9,14H,6H2,1-2H3. The summed E-state index contributed by atoms with van der Waals surface area (Å²) in [5.41, 5.74) is 0. The van der Waals surface area contributed by atoms with Crippen molar-refractivity contribution < 1.29 is 4.42 Å². The van der Waals surface area contributed by atoms with Gasteiger partial charge in [0.2, 0.25) is 0 Å². The van der Waals surface area contributed by atoms with Gasteiger partial charge in [0.1, 0.15) is 11.5 Å². The van der Waals surface area contributed by atoms with Crippen LogP contribution in [0.5, 0.6) is 0 Å². The van der Waals surface area contributed by atoms with Crippen molar-refractivity contribution in [1.29, 1.82) is 0 Å². The van der Waals surface area contributed by atoms with Crippen LogP contribution < -0.4 is 5.32 Å². The molecule has 0 aromatic carbocycles. The van der Waals surface area contributed by atoms with E-state index in [1.54, 1.807) is 11.3 Å². The molecule has 4 heteroatoms. The zero-order valence-electron chi connectivity index (χ0n) is 9.29. The number of furan rings is 1. The lowest BCUT2D eigenvalue weighted by atomic mass is 10.2. The van der Waals surface area contributed by atoms with Crippen LogP contribution in [0.15, 0.2) is 32.5 Å². The molecule has 1 N–H and O–H groups in total. The predicted molar refractivity (Wildman–Crippen MR) is 70.7 cm³/mol. The minimum Gasteiger partial charge on any atom is -0.465 e. The molecule has 0 aliphatic rings. The first-order valence-electron chi connectivity index (χ1n) is 5.18. The summed E-state index contributed by atoms with van der Waals surface area (Å²) in [6.45, 7) is 4.89. The molecule has 0 aliphatic heterocycles. The van der Waals surface area contributed by atoms with E-state index in [1.165, 1.54) is 4.88 Å². The Morgan fingerprint density at radius 2 is 2.31 bits per heavy atom. The lowest BCUT2D eigenvalue weighted by Gasteiger charge is -2.10. The quantitative estimate of drug-likeness (QED) is 0.912. The van der Waals surface area contributed by atoms with Gasteiger partial charge in [0.25, 0.3) is 0 Å². The van der Waals surface area contributed by atoms with Crippen LogP contribution in [0, 0.1) is 6.92 Å². The SMILES string of the molecule is Cc1ccc(CNC(C)c2cc(Br)cs2)o1. The Morgan fingerprint density at radius 3 is 2.88 bits per heavy atom. The Hall–Kier alpha value is -0.580. The first-order valence-corrected chi connectivity index (χ1v) is 6.85. The number of hydrogen-bond donors (Lipinski definition) is 1. The maximum absolute atomic E-state index is 5.51. The summed E-state index contributed by atoms with van der Waals surface area (Å²) in [6, 6.07) is 6.50. The van der Waals surface area contributed by atoms with Crippen molar-refractivity contribution in [1.82, 2.24) is 5.32 Å². The van der Waals surface area contributed by atoms with Crippen LogP contribution in [-0.4, -0.2) is 0 Å². The second kappa shape index (κ2) is 5.17. The van der Waals surface area contributed by atoms with Gasteiger partial charge in [0.05, 0.1) is 6.54 Å². The summed E-state index contributed by atoms with van der Waals surface area (Å²) in [5.74, 6) is 1.95. The third-order valence-electron chi connectivity index (χ3n) is 2.39. The van der Waals surface area contributed by atoms with Gasteiger partial charge in [-0.05, 0) is 48.0 Å². The van der Waals surface area contributed by atoms with E-state index >= 15 is 0 Å². The summed E-state index contributed by atoms with van der Waals surface area (Å²) in [7, 11) is 0. The average molecular weight is 300 g/mol. The number of aryl methyl sites for hydroxylation is 1. The predicted octanol–water partition coefficient (Wildman–Crippen LogP) is 4.26. The van der Waals surface area contributed by atoms with Crippen molar-refractivity contribution in [2.75, 3.05) is 0 Å². The van der Waals surface area contributed by atoms with Crippen LogP contribution in [0.1, 0.15) is 29.4 Å². The molecule has 1 unspecified atom stereocenters. The van der Waals surface area contributed by atoms with Crippen molar-refractivity contribution in [3.8, 4) is 0 Å². The van der Waals surface area contributed by atoms with E-state index in [-0.39, 0.29) is 0 Å². The van der Waals surface area contributed by atoms with Crippen LogP contribution in [0.4, 0.5) is 0 Å². The van der Waals surface area contributed by atoms with Gasteiger partial charge in [-0.3, -0.25) is 0 Å². The molecule has 0 amide bonds. The number of halogens is 1. The fourth-order valence-electron chi connectivity index (χ4n) is 1.49. The molecule has 2 nitrogen and oxygen atoms in total. The summed E-state index contributed by atoms with van der Waals surface area (Å²) < 4.78 is 6.65. The zero-order chi connectivity index (χ0) is 11.5. The second-order valence-corrected chi connectivity index (χ2v) is 5.64. The van der Waals surface area contributed by atoms with Crippen molar-refractivity contribution in [2.24, 2.45) is 0 Å². The maximum atomic E-state index is 5.51. The lowest BCUT2D eigenvalue weighted by Crippen LogP contribution is -2.16. The smallest absolute Gasteiger partial charge is 0.117 e. The summed E-state index contributed by atoms with van der Waals surface area (Å²) in [4.78, 5) is 1.33. The van der Waals surface area contributed by atoms with Crippen molar-refractivity contribution in [3.63, 3.8) is 0 Å². The van der Waals surface area contributed by atoms with Gasteiger partial charge < -0.3 is 9.73 Å². The van der Waals surface area contributed by atoms with Crippen molar-refractivity contribution in [3.05, 3.63) is 44.4 Å². The van der Waals surface area contributed by atoms with Gasteiger partial charge >= 0.3 is 0 Å². The lowest BCUT2D eigenvalue weighted by molar-refractivity contribution is 0.445. The molecule has 2 aromatic rings. The molecule has 0 radical (unpaired) electrons. The van der Waals surface area contributed by atoms with E-state index in [0.717, 1.165) is 22.5 Å². The molecule has 0 saturated heterocycles. The van der Waals surface area contributed by atoms with Gasteiger partial charge in [-0.1, -0.05) is 0 Å². The van der Waals surface area contributed by atoms with E-state index in [9.17, 15) is 0 Å². The maximum Gasteiger partial charge on any atom is 0.117 e. The molecule has 0 saturated carbocycles. The van der Waals surface area contributed by atoms with Crippen molar-refractivity contribution in [2.45, 2.75) is 26.4 Å². The van der Waals surface area contributed by atoms with E-state index in [1.807, 2.05) is 19.1 Å². The third-order valence-corrected chi connectivity index (χ3v) is 4.27. The number of hydrogen-bond acceptors (Lipinski definition) is 3. The van der Waals surface area contributed by atoms with E-state index in [4.69, 9.17) is 4.42 Å². The van der Waals surface area contributed by atoms with E-state index < -0.39 is 0 Å². The molecule has 86 valence electrons. The fraction of sp³-hybridized carbons (Fsp3) is 0.333. The van der Waals surface area contributed by atoms with E-state index in [0.29, 0.717) is 6.04 Å². The highest BCUT2D eigenvalue weighted by molar-refractivity contribution is 9.10. The first kappa shape index (κ1) is 11.9. The normalized spacial score (nSPS) is 12.9. The number of nitrogens with one attached hydrogen (secondary N) is 1. The largest absolute Gasteiger partial charge is 0.465 e. The average Bonchev–Trinajstić information content (AvgIpc) is 2.84. The summed E-state index contributed by atoms with van der Waals surface area (Å²) in [6.07, 6.45) is 0. The highest BCUT2D eigenvalue weighted by atomic mass is 79.9. The minimum absolute atomic E-state index is 0.349. The summed E-state index contributed by atoms with van der Waals surface area (Å²) >= 11 is 5.22. The van der Waals surface area contributed by atoms with Gasteiger partial charge in [-0.15, -0.1) is 11.3 Å². The van der Waals surface area contributed by atoms with Gasteiger partial charge in [0, 0.05) is 20.8 Å². The Morgan fingerprint density at radius 1 is 1.50 bits per heavy atom. The van der Waals surface area contributed by atoms with Crippen LogP contribution in [-0.2, 0) is 6.54 Å². The number of thiophene rings is 1. The Kier molecular flexibility index (Phi) is 3.84. The van der Waals surface area contributed by atoms with Crippen LogP contribution in [0.2, 0.25) is 0 Å². The van der Waals surface area contributed by atoms with E-state index in [2.05, 4.69) is 39.6 Å². The first-order chi connectivity index (χ1) is 7.65. The number of rotatable bonds is 4. The fourth-order valence-corrected chi connectivity index (χ4v) is 2.97. The summed E-state index contributed by atoms with van der Waals surface area (Å²) in [5, 5.41) is 5.54. The Bertz CT molecular complexity index is 463. The van der Waals surface area contributed by atoms with Crippen molar-refractivity contribution >= 4 is 27.3 Å². The van der Waals surface area contributed by atoms with Gasteiger partial charge in [-0.2, -0.15) is 0 Å². The van der Waals surface area contributed by atoms with Crippen LogP contribution >= 0.6 is 27.3 Å². The topological polar surface area (TPSA) is 25.2 Å². The van der Waals surface area contributed by atoms with Crippen LogP contribution in [0.3, 0.4) is 0 Å². The molecule has 16 heavy (non-hydrogen) atoms. The molecule has 0 fully saturated rings. The molecule has 1 atom stereocenters. The Balaban J connectivity index is 1.91. The van der Waals surface area contributed by atoms with Gasteiger partial charge in [0.15, 0.2) is 0 Å². The minimum atomic E-state index is 0.349. The highest BCUT2D eigenvalue weighted by Gasteiger charge is 2.08. The molecular weight excluding hydrogens is 286 g/mol. The molecule has 2 rings (SSSR count). The molecule has 2 aromatic heterocycles. The second-order valence-electron chi connectivity index (χ2n) is 3.78. The molecule has 0 spiro atoms. The molecule has 2 heterocycles. The van der Waals surface area contributed by atoms with Crippen LogP contribution in [0.25, 0.3) is 0 Å². The zero-order valence-corrected chi connectivity index (χ0v) is 11.7. The highest BCUT2D eigenvalue weighted by Crippen LogP contribution is 2.25. The molecule has 0 bridgehead atoms. The molecule has 0 aliphatic carbocycles. The molecular formula is C12H14BrNOS. The monoisotopic (exact) mass is 299 g/mol. The third kappa shape index (κ3) is 2.97.